The van der Waals surface area contributed by atoms with E-state index in [1.54, 1.807) is 0 Å². The summed E-state index contributed by atoms with van der Waals surface area (Å²) >= 11 is 0. The average molecular weight is 319 g/mol. The summed E-state index contributed by atoms with van der Waals surface area (Å²) in [5.41, 5.74) is -0.422. The molecule has 4 N–H and O–H groups in total. The Morgan fingerprint density at radius 2 is 1.95 bits per heavy atom. The van der Waals surface area contributed by atoms with Crippen LogP contribution in [0.15, 0.2) is 4.90 Å². The lowest BCUT2D eigenvalue weighted by atomic mass is 9.97. The topological polar surface area (TPSA) is 132 Å². The number of nitrogens with zero attached hydrogens (tertiary/aromatic N) is 1. The van der Waals surface area contributed by atoms with Gasteiger partial charge in [-0.05, 0) is 12.8 Å². The first-order chi connectivity index (χ1) is 9.74. The Morgan fingerprint density at radius 3 is 2.43 bits per heavy atom. The summed E-state index contributed by atoms with van der Waals surface area (Å²) in [6, 6.07) is 0. The molecular formula is C12H21N3O5S. The Bertz CT molecular complexity index is 592. The monoisotopic (exact) mass is 319 g/mol. The standard InChI is InChI=1S/C12H21N3O5S/c1-4-8(5-2)9(16)6-13-21(19,20)11-7(3)14-15-10(11)12(17)18/h8-9,13,16H,4-6H2,1-3H3,(H,14,15)(H,17,18). The van der Waals surface area contributed by atoms with Crippen LogP contribution in [-0.4, -0.2) is 47.4 Å². The number of nitrogens with one attached hydrogen (secondary N) is 2. The molecule has 0 spiro atoms. The minimum absolute atomic E-state index is 0.0166. The van der Waals surface area contributed by atoms with E-state index in [0.717, 1.165) is 12.8 Å². The van der Waals surface area contributed by atoms with E-state index in [1.807, 2.05) is 13.8 Å². The van der Waals surface area contributed by atoms with Crippen molar-refractivity contribution in [3.05, 3.63) is 11.4 Å². The molecule has 8 nitrogen and oxygen atoms in total. The summed E-state index contributed by atoms with van der Waals surface area (Å²) in [4.78, 5) is 10.6. The van der Waals surface area contributed by atoms with Crippen molar-refractivity contribution in [1.29, 1.82) is 0 Å². The van der Waals surface area contributed by atoms with Crippen LogP contribution in [0, 0.1) is 12.8 Å². The van der Waals surface area contributed by atoms with Crippen molar-refractivity contribution in [3.8, 4) is 0 Å². The van der Waals surface area contributed by atoms with E-state index in [4.69, 9.17) is 5.11 Å². The maximum atomic E-state index is 12.2. The Hall–Kier alpha value is -1.45. The van der Waals surface area contributed by atoms with Crippen LogP contribution in [0.1, 0.15) is 42.9 Å². The fourth-order valence-corrected chi connectivity index (χ4v) is 3.53. The van der Waals surface area contributed by atoms with E-state index in [-0.39, 0.29) is 18.2 Å². The molecular weight excluding hydrogens is 298 g/mol. The van der Waals surface area contributed by atoms with Crippen LogP contribution in [-0.2, 0) is 10.0 Å². The molecule has 1 atom stereocenters. The van der Waals surface area contributed by atoms with Crippen molar-refractivity contribution in [3.63, 3.8) is 0 Å². The SMILES string of the molecule is CCC(CC)C(O)CNS(=O)(=O)c1c(C(=O)O)n[nH]c1C. The molecule has 0 saturated heterocycles. The summed E-state index contributed by atoms with van der Waals surface area (Å²) < 4.78 is 26.6. The molecule has 0 amide bonds. The normalized spacial score (nSPS) is 13.6. The zero-order chi connectivity index (χ0) is 16.2. The molecule has 0 radical (unpaired) electrons. The number of H-pyrrole nitrogens is 1. The smallest absolute Gasteiger partial charge is 0.357 e. The third kappa shape index (κ3) is 4.02. The number of rotatable bonds is 8. The van der Waals surface area contributed by atoms with Crippen molar-refractivity contribution in [2.75, 3.05) is 6.54 Å². The van der Waals surface area contributed by atoms with Gasteiger partial charge in [-0.3, -0.25) is 5.10 Å². The van der Waals surface area contributed by atoms with Gasteiger partial charge < -0.3 is 10.2 Å². The van der Waals surface area contributed by atoms with Gasteiger partial charge in [0.2, 0.25) is 10.0 Å². The molecule has 0 saturated carbocycles. The largest absolute Gasteiger partial charge is 0.476 e. The number of aliphatic hydroxyl groups excluding tert-OH is 1. The van der Waals surface area contributed by atoms with E-state index in [0.29, 0.717) is 0 Å². The molecule has 0 aliphatic rings. The minimum Gasteiger partial charge on any atom is -0.476 e. The quantitative estimate of drug-likeness (QED) is 0.551. The number of aliphatic hydroxyl groups is 1. The molecule has 1 rings (SSSR count). The Labute approximate surface area is 123 Å². The molecule has 0 fully saturated rings. The maximum Gasteiger partial charge on any atom is 0.357 e. The van der Waals surface area contributed by atoms with E-state index >= 15 is 0 Å². The second-order valence-corrected chi connectivity index (χ2v) is 6.53. The number of sulfonamides is 1. The highest BCUT2D eigenvalue weighted by atomic mass is 32.2. The number of aromatic nitrogens is 2. The number of carboxylic acids is 1. The van der Waals surface area contributed by atoms with Crippen molar-refractivity contribution in [2.45, 2.75) is 44.6 Å². The van der Waals surface area contributed by atoms with Crippen LogP contribution >= 0.6 is 0 Å². The van der Waals surface area contributed by atoms with Crippen LogP contribution in [0.4, 0.5) is 0 Å². The van der Waals surface area contributed by atoms with Crippen molar-refractivity contribution < 1.29 is 23.4 Å². The van der Waals surface area contributed by atoms with Crippen molar-refractivity contribution in [1.82, 2.24) is 14.9 Å². The summed E-state index contributed by atoms with van der Waals surface area (Å²) in [7, 11) is -4.05. The molecule has 0 aromatic carbocycles. The van der Waals surface area contributed by atoms with Crippen LogP contribution in [0.2, 0.25) is 0 Å². The predicted octanol–water partition coefficient (Wildman–Crippen LogP) is 0.492. The van der Waals surface area contributed by atoms with Gasteiger partial charge in [0, 0.05) is 6.54 Å². The van der Waals surface area contributed by atoms with E-state index in [9.17, 15) is 18.3 Å². The highest BCUT2D eigenvalue weighted by Gasteiger charge is 2.29. The van der Waals surface area contributed by atoms with Crippen molar-refractivity contribution >= 4 is 16.0 Å². The molecule has 9 heteroatoms. The number of aryl methyl sites for hydroxylation is 1. The summed E-state index contributed by atoms with van der Waals surface area (Å²) in [6.45, 7) is 5.08. The van der Waals surface area contributed by atoms with Gasteiger partial charge in [-0.25, -0.2) is 17.9 Å². The second-order valence-electron chi connectivity index (χ2n) is 4.83. The molecule has 1 aromatic rings. The number of aromatic amines is 1. The van der Waals surface area contributed by atoms with E-state index < -0.39 is 32.7 Å². The van der Waals surface area contributed by atoms with E-state index in [1.165, 1.54) is 6.92 Å². The molecule has 0 bridgehead atoms. The fraction of sp³-hybridized carbons (Fsp3) is 0.667. The molecule has 1 heterocycles. The summed E-state index contributed by atoms with van der Waals surface area (Å²) in [5.74, 6) is -1.45. The Kier molecular flexibility index (Phi) is 5.87. The van der Waals surface area contributed by atoms with Gasteiger partial charge in [0.1, 0.15) is 4.90 Å². The fourth-order valence-electron chi connectivity index (χ4n) is 2.16. The molecule has 120 valence electrons. The lowest BCUT2D eigenvalue weighted by Gasteiger charge is -2.20. The van der Waals surface area contributed by atoms with Gasteiger partial charge in [0.25, 0.3) is 0 Å². The van der Waals surface area contributed by atoms with E-state index in [2.05, 4.69) is 14.9 Å². The molecule has 21 heavy (non-hydrogen) atoms. The average Bonchev–Trinajstić information content (AvgIpc) is 2.81. The third-order valence-electron chi connectivity index (χ3n) is 3.44. The minimum atomic E-state index is -4.05. The lowest BCUT2D eigenvalue weighted by Crippen LogP contribution is -2.36. The van der Waals surface area contributed by atoms with Crippen LogP contribution in [0.25, 0.3) is 0 Å². The van der Waals surface area contributed by atoms with Crippen LogP contribution < -0.4 is 4.72 Å². The predicted molar refractivity (Wildman–Crippen MR) is 75.6 cm³/mol. The first-order valence-electron chi connectivity index (χ1n) is 6.70. The first kappa shape index (κ1) is 17.6. The molecule has 0 aliphatic heterocycles. The van der Waals surface area contributed by atoms with Gasteiger partial charge >= 0.3 is 5.97 Å². The molecule has 0 aliphatic carbocycles. The van der Waals surface area contributed by atoms with Gasteiger partial charge in [0.15, 0.2) is 5.69 Å². The summed E-state index contributed by atoms with van der Waals surface area (Å²) in [5, 5.41) is 24.7. The van der Waals surface area contributed by atoms with Crippen LogP contribution in [0.3, 0.4) is 0 Å². The Balaban J connectivity index is 2.93. The number of carboxylic acid groups (broad SMARTS) is 1. The molecule has 1 aromatic heterocycles. The Morgan fingerprint density at radius 1 is 1.38 bits per heavy atom. The zero-order valence-corrected chi connectivity index (χ0v) is 13.1. The maximum absolute atomic E-state index is 12.2. The first-order valence-corrected chi connectivity index (χ1v) is 8.18. The zero-order valence-electron chi connectivity index (χ0n) is 12.3. The highest BCUT2D eigenvalue weighted by molar-refractivity contribution is 7.89. The van der Waals surface area contributed by atoms with Gasteiger partial charge in [-0.15, -0.1) is 0 Å². The number of hydrogen-bond donors (Lipinski definition) is 4. The second kappa shape index (κ2) is 7.01. The number of aromatic carboxylic acids is 1. The van der Waals surface area contributed by atoms with Crippen molar-refractivity contribution in [2.24, 2.45) is 5.92 Å². The van der Waals surface area contributed by atoms with Gasteiger partial charge in [-0.1, -0.05) is 26.7 Å². The lowest BCUT2D eigenvalue weighted by molar-refractivity contribution is 0.0686. The van der Waals surface area contributed by atoms with Crippen LogP contribution in [0.5, 0.6) is 0 Å². The van der Waals surface area contributed by atoms with Gasteiger partial charge in [0.05, 0.1) is 11.8 Å². The third-order valence-corrected chi connectivity index (χ3v) is 5.02. The number of hydrogen-bond acceptors (Lipinski definition) is 5. The van der Waals surface area contributed by atoms with Gasteiger partial charge in [-0.2, -0.15) is 5.10 Å². The number of carbonyl (C=O) groups is 1. The molecule has 1 unspecified atom stereocenters. The summed E-state index contributed by atoms with van der Waals surface area (Å²) in [6.07, 6.45) is 0.630. The highest BCUT2D eigenvalue weighted by Crippen LogP contribution is 2.18.